The molecule has 0 aliphatic heterocycles. The minimum atomic E-state index is -3.47. The Kier molecular flexibility index (Phi) is 3.25. The van der Waals surface area contributed by atoms with Crippen molar-refractivity contribution in [2.45, 2.75) is 25.5 Å². The largest absolute Gasteiger partial charge is 0.266 e. The second kappa shape index (κ2) is 3.98. The second-order valence-corrected chi connectivity index (χ2v) is 6.89. The van der Waals surface area contributed by atoms with Gasteiger partial charge in [0.1, 0.15) is 0 Å². The lowest BCUT2D eigenvalue weighted by Gasteiger charge is -2.20. The highest BCUT2D eigenvalue weighted by Gasteiger charge is 2.29. The topological polar surface area (TPSA) is 59.1 Å². The van der Waals surface area contributed by atoms with E-state index in [2.05, 4.69) is 9.71 Å². The van der Waals surface area contributed by atoms with E-state index in [0.717, 1.165) is 0 Å². The third-order valence-corrected chi connectivity index (χ3v) is 4.18. The fourth-order valence-electron chi connectivity index (χ4n) is 0.741. The maximum absolute atomic E-state index is 11.8. The predicted molar refractivity (Wildman–Crippen MR) is 61.5 cm³/mol. The van der Waals surface area contributed by atoms with Gasteiger partial charge in [0.2, 0.25) is 10.0 Å². The minimum absolute atomic E-state index is 0.161. The molecule has 0 radical (unpaired) electrons. The summed E-state index contributed by atoms with van der Waals surface area (Å²) in [6, 6.07) is 3.21. The molecule has 0 saturated carbocycles. The number of hydrogen-bond donors (Lipinski definition) is 1. The van der Waals surface area contributed by atoms with Crippen molar-refractivity contribution in [1.82, 2.24) is 4.98 Å². The fourth-order valence-corrected chi connectivity index (χ4v) is 1.69. The zero-order valence-corrected chi connectivity index (χ0v) is 10.4. The first kappa shape index (κ1) is 12.3. The van der Waals surface area contributed by atoms with Gasteiger partial charge in [-0.25, -0.2) is 13.4 Å². The van der Waals surface area contributed by atoms with Crippen LogP contribution in [0.15, 0.2) is 18.3 Å². The quantitative estimate of drug-likeness (QED) is 0.874. The molecule has 6 heteroatoms. The van der Waals surface area contributed by atoms with Crippen LogP contribution in [0.25, 0.3) is 0 Å². The second-order valence-electron chi connectivity index (χ2n) is 4.05. The van der Waals surface area contributed by atoms with Crippen LogP contribution in [-0.2, 0) is 10.0 Å². The normalized spacial score (nSPS) is 12.5. The molecule has 0 saturated heterocycles. The fraction of sp³-hybridized carbons (Fsp3) is 0.444. The number of anilines is 1. The highest BCUT2D eigenvalue weighted by Crippen LogP contribution is 2.23. The number of nitrogens with zero attached hydrogens (tertiary/aromatic N) is 1. The van der Waals surface area contributed by atoms with E-state index in [9.17, 15) is 8.42 Å². The van der Waals surface area contributed by atoms with Gasteiger partial charge >= 0.3 is 0 Å². The molecule has 4 nitrogen and oxygen atoms in total. The number of nitrogens with one attached hydrogen (secondary N) is 1. The minimum Gasteiger partial charge on any atom is -0.266 e. The van der Waals surface area contributed by atoms with Crippen LogP contribution in [0.2, 0.25) is 5.02 Å². The van der Waals surface area contributed by atoms with Crippen molar-refractivity contribution < 1.29 is 8.42 Å². The van der Waals surface area contributed by atoms with Gasteiger partial charge in [0.25, 0.3) is 0 Å². The Bertz CT molecular complexity index is 451. The van der Waals surface area contributed by atoms with E-state index < -0.39 is 14.8 Å². The first-order valence-electron chi connectivity index (χ1n) is 4.37. The molecule has 0 aromatic carbocycles. The van der Waals surface area contributed by atoms with E-state index in [-0.39, 0.29) is 10.8 Å². The number of hydrogen-bond acceptors (Lipinski definition) is 3. The molecule has 0 fully saturated rings. The van der Waals surface area contributed by atoms with Crippen molar-refractivity contribution >= 4 is 27.4 Å². The van der Waals surface area contributed by atoms with Crippen LogP contribution in [0.1, 0.15) is 20.8 Å². The van der Waals surface area contributed by atoms with Crippen molar-refractivity contribution in [2.75, 3.05) is 4.72 Å². The Morgan fingerprint density at radius 2 is 2.00 bits per heavy atom. The van der Waals surface area contributed by atoms with Gasteiger partial charge in [-0.15, -0.1) is 0 Å². The van der Waals surface area contributed by atoms with E-state index in [1.165, 1.54) is 6.20 Å². The number of rotatable bonds is 2. The average molecular weight is 249 g/mol. The molecular formula is C9H13ClN2O2S. The molecule has 0 aliphatic rings. The number of aromatic nitrogens is 1. The van der Waals surface area contributed by atoms with Crippen LogP contribution in [0.3, 0.4) is 0 Å². The smallest absolute Gasteiger partial charge is 0.238 e. The molecule has 15 heavy (non-hydrogen) atoms. The van der Waals surface area contributed by atoms with Crippen LogP contribution in [0.4, 0.5) is 5.82 Å². The summed E-state index contributed by atoms with van der Waals surface area (Å²) in [7, 11) is -3.47. The van der Waals surface area contributed by atoms with Crippen LogP contribution >= 0.6 is 11.6 Å². The molecule has 0 unspecified atom stereocenters. The summed E-state index contributed by atoms with van der Waals surface area (Å²) in [6.45, 7) is 4.81. The maximum Gasteiger partial charge on any atom is 0.238 e. The standard InChI is InChI=1S/C9H13ClN2O2S/c1-9(2,3)15(13,14)12-8-7(10)5-4-6-11-8/h4-6H,1-3H3,(H,11,12). The molecule has 0 amide bonds. The molecule has 1 N–H and O–H groups in total. The van der Waals surface area contributed by atoms with Gasteiger partial charge in [0.15, 0.2) is 5.82 Å². The highest BCUT2D eigenvalue weighted by atomic mass is 35.5. The monoisotopic (exact) mass is 248 g/mol. The number of halogens is 1. The third-order valence-electron chi connectivity index (χ3n) is 1.80. The van der Waals surface area contributed by atoms with Gasteiger partial charge in [-0.05, 0) is 32.9 Å². The van der Waals surface area contributed by atoms with Crippen LogP contribution in [0, 0.1) is 0 Å². The summed E-state index contributed by atoms with van der Waals surface area (Å²) < 4.78 is 25.0. The predicted octanol–water partition coefficient (Wildman–Crippen LogP) is 2.28. The first-order chi connectivity index (χ1) is 6.74. The van der Waals surface area contributed by atoms with Crippen molar-refractivity contribution in [2.24, 2.45) is 0 Å². The molecule has 0 aliphatic carbocycles. The lowest BCUT2D eigenvalue weighted by molar-refractivity contribution is 0.566. The third kappa shape index (κ3) is 2.82. The SMILES string of the molecule is CC(C)(C)S(=O)(=O)Nc1ncccc1Cl. The van der Waals surface area contributed by atoms with E-state index in [4.69, 9.17) is 11.6 Å². The molecule has 0 spiro atoms. The summed E-state index contributed by atoms with van der Waals surface area (Å²) in [5, 5.41) is 0.283. The first-order valence-corrected chi connectivity index (χ1v) is 6.23. The molecule has 0 bridgehead atoms. The molecule has 0 atom stereocenters. The molecule has 1 rings (SSSR count). The average Bonchev–Trinajstić information content (AvgIpc) is 2.06. The number of sulfonamides is 1. The lowest BCUT2D eigenvalue weighted by Crippen LogP contribution is -2.34. The summed E-state index contributed by atoms with van der Waals surface area (Å²) in [4.78, 5) is 3.85. The summed E-state index contributed by atoms with van der Waals surface area (Å²) in [5.74, 6) is 0.161. The Hall–Kier alpha value is -0.810. The van der Waals surface area contributed by atoms with E-state index in [0.29, 0.717) is 0 Å². The van der Waals surface area contributed by atoms with Gasteiger partial charge in [-0.3, -0.25) is 4.72 Å². The van der Waals surface area contributed by atoms with E-state index in [1.807, 2.05) is 0 Å². The van der Waals surface area contributed by atoms with Gasteiger partial charge in [0, 0.05) is 6.20 Å². The zero-order valence-electron chi connectivity index (χ0n) is 8.78. The van der Waals surface area contributed by atoms with Crippen molar-refractivity contribution in [3.05, 3.63) is 23.4 Å². The molecule has 1 aromatic heterocycles. The van der Waals surface area contributed by atoms with Crippen molar-refractivity contribution in [1.29, 1.82) is 0 Å². The van der Waals surface area contributed by atoms with E-state index in [1.54, 1.807) is 32.9 Å². The Labute approximate surface area is 94.7 Å². The van der Waals surface area contributed by atoms with Gasteiger partial charge in [-0.2, -0.15) is 0 Å². The zero-order chi connectivity index (χ0) is 11.7. The van der Waals surface area contributed by atoms with Crippen LogP contribution in [0.5, 0.6) is 0 Å². The van der Waals surface area contributed by atoms with Gasteiger partial charge < -0.3 is 0 Å². The Morgan fingerprint density at radius 1 is 1.40 bits per heavy atom. The van der Waals surface area contributed by atoms with Crippen LogP contribution in [-0.4, -0.2) is 18.1 Å². The number of pyridine rings is 1. The summed E-state index contributed by atoms with van der Waals surface area (Å²) in [5.41, 5.74) is 0. The maximum atomic E-state index is 11.8. The summed E-state index contributed by atoms with van der Waals surface area (Å²) >= 11 is 5.79. The van der Waals surface area contributed by atoms with Crippen molar-refractivity contribution in [3.8, 4) is 0 Å². The van der Waals surface area contributed by atoms with Crippen molar-refractivity contribution in [3.63, 3.8) is 0 Å². The molecule has 84 valence electrons. The van der Waals surface area contributed by atoms with Crippen LogP contribution < -0.4 is 4.72 Å². The lowest BCUT2D eigenvalue weighted by atomic mass is 10.3. The Morgan fingerprint density at radius 3 is 2.47 bits per heavy atom. The van der Waals surface area contributed by atoms with Gasteiger partial charge in [-0.1, -0.05) is 11.6 Å². The molecular weight excluding hydrogens is 236 g/mol. The molecule has 1 aromatic rings. The van der Waals surface area contributed by atoms with Gasteiger partial charge in [0.05, 0.1) is 9.77 Å². The van der Waals surface area contributed by atoms with E-state index >= 15 is 0 Å². The Balaban J connectivity index is 3.03. The summed E-state index contributed by atoms with van der Waals surface area (Å²) in [6.07, 6.45) is 1.48. The molecule has 1 heterocycles. The highest BCUT2D eigenvalue weighted by molar-refractivity contribution is 7.94.